The molecule has 0 bridgehead atoms. The maximum atomic E-state index is 12.5. The Hall–Kier alpha value is -2.13. The second-order valence-electron chi connectivity index (χ2n) is 6.72. The summed E-state index contributed by atoms with van der Waals surface area (Å²) in [6, 6.07) is 5.26. The van der Waals surface area contributed by atoms with E-state index in [4.69, 9.17) is 11.6 Å². The maximum Gasteiger partial charge on any atom is 0.325 e. The van der Waals surface area contributed by atoms with Crippen LogP contribution in [0.15, 0.2) is 24.3 Å². The summed E-state index contributed by atoms with van der Waals surface area (Å²) in [7, 11) is -3.07. The highest BCUT2D eigenvalue weighted by Gasteiger charge is 2.38. The van der Waals surface area contributed by atoms with Crippen LogP contribution in [0.4, 0.5) is 4.79 Å². The number of amides is 4. The third-order valence-corrected chi connectivity index (χ3v) is 6.79. The molecule has 10 heteroatoms. The van der Waals surface area contributed by atoms with Crippen molar-refractivity contribution in [3.63, 3.8) is 0 Å². The number of carbonyl (C=O) groups is 3. The van der Waals surface area contributed by atoms with Crippen LogP contribution in [0.2, 0.25) is 5.02 Å². The maximum absolute atomic E-state index is 12.5. The summed E-state index contributed by atoms with van der Waals surface area (Å²) in [5, 5.41) is 5.71. The largest absolute Gasteiger partial charge is 0.352 e. The lowest BCUT2D eigenvalue weighted by molar-refractivity contribution is -0.128. The highest BCUT2D eigenvalue weighted by atomic mass is 35.5. The van der Waals surface area contributed by atoms with Crippen molar-refractivity contribution < 1.29 is 22.8 Å². The minimum atomic E-state index is -3.07. The SMILES string of the molecule is O=C(CC[C@H]1NC(=O)N(Cc2ccccc2Cl)C1=O)N[C@H]1CCS(=O)(=O)C1. The molecule has 2 aliphatic heterocycles. The van der Waals surface area contributed by atoms with Crippen molar-refractivity contribution in [3.05, 3.63) is 34.9 Å². The lowest BCUT2D eigenvalue weighted by Crippen LogP contribution is -2.37. The van der Waals surface area contributed by atoms with Gasteiger partial charge in [0.15, 0.2) is 9.84 Å². The summed E-state index contributed by atoms with van der Waals surface area (Å²) in [4.78, 5) is 37.6. The second-order valence-corrected chi connectivity index (χ2v) is 9.36. The third kappa shape index (κ3) is 4.78. The number of hydrogen-bond donors (Lipinski definition) is 2. The van der Waals surface area contributed by atoms with E-state index in [2.05, 4.69) is 10.6 Å². The van der Waals surface area contributed by atoms with Crippen LogP contribution in [-0.4, -0.2) is 54.8 Å². The molecule has 4 amide bonds. The number of halogens is 1. The highest BCUT2D eigenvalue weighted by Crippen LogP contribution is 2.20. The van der Waals surface area contributed by atoms with Gasteiger partial charge in [-0.3, -0.25) is 14.5 Å². The average molecular weight is 414 g/mol. The monoisotopic (exact) mass is 413 g/mol. The average Bonchev–Trinajstić information content (AvgIpc) is 3.07. The third-order valence-electron chi connectivity index (χ3n) is 4.65. The molecule has 2 fully saturated rings. The first kappa shape index (κ1) is 19.6. The Bertz CT molecular complexity index is 873. The molecule has 2 heterocycles. The first-order chi connectivity index (χ1) is 12.7. The molecule has 2 N–H and O–H groups in total. The Morgan fingerprint density at radius 3 is 2.70 bits per heavy atom. The summed E-state index contributed by atoms with van der Waals surface area (Å²) >= 11 is 6.07. The predicted octanol–water partition coefficient (Wildman–Crippen LogP) is 0.844. The smallest absolute Gasteiger partial charge is 0.325 e. The van der Waals surface area contributed by atoms with E-state index >= 15 is 0 Å². The van der Waals surface area contributed by atoms with Crippen molar-refractivity contribution in [2.24, 2.45) is 0 Å². The summed E-state index contributed by atoms with van der Waals surface area (Å²) in [6.45, 7) is 0.0625. The van der Waals surface area contributed by atoms with Crippen molar-refractivity contribution in [1.29, 1.82) is 0 Å². The molecule has 2 saturated heterocycles. The van der Waals surface area contributed by atoms with Crippen LogP contribution in [0.3, 0.4) is 0 Å². The van der Waals surface area contributed by atoms with Gasteiger partial charge in [-0.05, 0) is 24.5 Å². The number of sulfone groups is 1. The van der Waals surface area contributed by atoms with Gasteiger partial charge in [0.1, 0.15) is 6.04 Å². The summed E-state index contributed by atoms with van der Waals surface area (Å²) in [5.41, 5.74) is 0.656. The van der Waals surface area contributed by atoms with Crippen molar-refractivity contribution in [2.75, 3.05) is 11.5 Å². The molecule has 3 rings (SSSR count). The van der Waals surface area contributed by atoms with Gasteiger partial charge in [0.2, 0.25) is 5.91 Å². The van der Waals surface area contributed by atoms with Gasteiger partial charge in [-0.2, -0.15) is 0 Å². The Morgan fingerprint density at radius 1 is 1.30 bits per heavy atom. The van der Waals surface area contributed by atoms with Crippen LogP contribution >= 0.6 is 11.6 Å². The number of urea groups is 1. The van der Waals surface area contributed by atoms with Crippen molar-refractivity contribution in [3.8, 4) is 0 Å². The van der Waals surface area contributed by atoms with E-state index in [1.165, 1.54) is 0 Å². The van der Waals surface area contributed by atoms with E-state index in [0.29, 0.717) is 17.0 Å². The highest BCUT2D eigenvalue weighted by molar-refractivity contribution is 7.91. The van der Waals surface area contributed by atoms with E-state index in [1.54, 1.807) is 24.3 Å². The minimum Gasteiger partial charge on any atom is -0.352 e. The Balaban J connectivity index is 1.51. The number of nitrogens with zero attached hydrogens (tertiary/aromatic N) is 1. The lowest BCUT2D eigenvalue weighted by Gasteiger charge is -2.14. The summed E-state index contributed by atoms with van der Waals surface area (Å²) < 4.78 is 22.8. The number of imide groups is 1. The van der Waals surface area contributed by atoms with Crippen molar-refractivity contribution >= 4 is 39.3 Å². The van der Waals surface area contributed by atoms with E-state index in [0.717, 1.165) is 4.90 Å². The van der Waals surface area contributed by atoms with Crippen LogP contribution in [-0.2, 0) is 26.0 Å². The zero-order valence-corrected chi connectivity index (χ0v) is 16.1. The normalized spacial score (nSPS) is 24.1. The molecule has 0 aliphatic carbocycles. The molecule has 8 nitrogen and oxygen atoms in total. The molecule has 27 heavy (non-hydrogen) atoms. The molecular formula is C17H20ClN3O5S. The first-order valence-electron chi connectivity index (χ1n) is 8.60. The molecular weight excluding hydrogens is 394 g/mol. The van der Waals surface area contributed by atoms with Crippen LogP contribution in [0.1, 0.15) is 24.8 Å². The molecule has 0 radical (unpaired) electrons. The molecule has 146 valence electrons. The molecule has 0 saturated carbocycles. The molecule has 0 unspecified atom stereocenters. The molecule has 1 aromatic rings. The van der Waals surface area contributed by atoms with Gasteiger partial charge >= 0.3 is 6.03 Å². The molecule has 0 aromatic heterocycles. The van der Waals surface area contributed by atoms with E-state index in [9.17, 15) is 22.8 Å². The van der Waals surface area contributed by atoms with Gasteiger partial charge in [0, 0.05) is 17.5 Å². The molecule has 2 atom stereocenters. The number of benzene rings is 1. The minimum absolute atomic E-state index is 0.0210. The first-order valence-corrected chi connectivity index (χ1v) is 10.8. The Labute approximate surface area is 162 Å². The van der Waals surface area contributed by atoms with Gasteiger partial charge in [0.05, 0.1) is 18.1 Å². The quantitative estimate of drug-likeness (QED) is 0.671. The summed E-state index contributed by atoms with van der Waals surface area (Å²) in [6.07, 6.45) is 0.570. The van der Waals surface area contributed by atoms with Crippen LogP contribution in [0.25, 0.3) is 0 Å². The van der Waals surface area contributed by atoms with Gasteiger partial charge in [0.25, 0.3) is 5.91 Å². The Morgan fingerprint density at radius 2 is 2.04 bits per heavy atom. The van der Waals surface area contributed by atoms with Gasteiger partial charge in [-0.25, -0.2) is 13.2 Å². The van der Waals surface area contributed by atoms with Crippen LogP contribution in [0, 0.1) is 0 Å². The fourth-order valence-electron chi connectivity index (χ4n) is 3.20. The van der Waals surface area contributed by atoms with Crippen LogP contribution < -0.4 is 10.6 Å². The summed E-state index contributed by atoms with van der Waals surface area (Å²) in [5.74, 6) is -0.713. The fraction of sp³-hybridized carbons (Fsp3) is 0.471. The van der Waals surface area contributed by atoms with E-state index in [-0.39, 0.29) is 42.8 Å². The van der Waals surface area contributed by atoms with E-state index < -0.39 is 27.8 Å². The standard InChI is InChI=1S/C17H20ClN3O5S/c18-13-4-2-1-3-11(13)9-21-16(23)14(20-17(21)24)5-6-15(22)19-12-7-8-27(25,26)10-12/h1-4,12,14H,5-10H2,(H,19,22)(H,20,24)/t12-,14+/m0/s1. The number of nitrogens with one attached hydrogen (secondary N) is 2. The van der Waals surface area contributed by atoms with Gasteiger partial charge in [-0.1, -0.05) is 29.8 Å². The number of carbonyl (C=O) groups excluding carboxylic acids is 3. The van der Waals surface area contributed by atoms with Crippen molar-refractivity contribution in [2.45, 2.75) is 37.9 Å². The Kier molecular flexibility index (Phi) is 5.71. The zero-order chi connectivity index (χ0) is 19.6. The number of rotatable bonds is 6. The fourth-order valence-corrected chi connectivity index (χ4v) is 5.07. The molecule has 1 aromatic carbocycles. The molecule has 2 aliphatic rings. The topological polar surface area (TPSA) is 113 Å². The predicted molar refractivity (Wildman–Crippen MR) is 98.8 cm³/mol. The second kappa shape index (κ2) is 7.85. The van der Waals surface area contributed by atoms with Crippen LogP contribution in [0.5, 0.6) is 0 Å². The molecule has 0 spiro atoms. The van der Waals surface area contributed by atoms with E-state index in [1.807, 2.05) is 0 Å². The number of hydrogen-bond acceptors (Lipinski definition) is 5. The van der Waals surface area contributed by atoms with Crippen molar-refractivity contribution in [1.82, 2.24) is 15.5 Å². The van der Waals surface area contributed by atoms with Gasteiger partial charge in [-0.15, -0.1) is 0 Å². The lowest BCUT2D eigenvalue weighted by atomic mass is 10.1. The zero-order valence-electron chi connectivity index (χ0n) is 14.5. The van der Waals surface area contributed by atoms with Gasteiger partial charge < -0.3 is 10.6 Å².